The average Bonchev–Trinajstić information content (AvgIpc) is 2.94. The molecule has 2 heterocycles. The molecule has 0 bridgehead atoms. The molecule has 2 unspecified atom stereocenters. The van der Waals surface area contributed by atoms with Crippen molar-refractivity contribution in [2.45, 2.75) is 38.6 Å². The molecule has 0 saturated carbocycles. The second-order valence-electron chi connectivity index (χ2n) is 7.01. The van der Waals surface area contributed by atoms with Gasteiger partial charge < -0.3 is 10.2 Å². The summed E-state index contributed by atoms with van der Waals surface area (Å²) in [6.07, 6.45) is 1.86. The summed E-state index contributed by atoms with van der Waals surface area (Å²) in [5.41, 5.74) is 2.87. The molecule has 0 aromatic heterocycles. The van der Waals surface area contributed by atoms with Gasteiger partial charge in [-0.2, -0.15) is 0 Å². The van der Waals surface area contributed by atoms with Crippen molar-refractivity contribution in [2.75, 3.05) is 39.3 Å². The maximum atomic E-state index is 12.3. The van der Waals surface area contributed by atoms with Crippen LogP contribution in [0.15, 0.2) is 24.3 Å². The Kier molecular flexibility index (Phi) is 5.34. The maximum absolute atomic E-state index is 12.3. The van der Waals surface area contributed by atoms with Crippen molar-refractivity contribution in [1.29, 1.82) is 0 Å². The third-order valence-corrected chi connectivity index (χ3v) is 5.41. The third-order valence-electron chi connectivity index (χ3n) is 5.41. The summed E-state index contributed by atoms with van der Waals surface area (Å²) in [6.45, 7) is 10.1. The number of nitrogens with zero attached hydrogens (tertiary/aromatic N) is 2. The van der Waals surface area contributed by atoms with E-state index in [9.17, 15) is 4.79 Å². The second kappa shape index (κ2) is 7.45. The van der Waals surface area contributed by atoms with Crippen molar-refractivity contribution < 1.29 is 4.79 Å². The van der Waals surface area contributed by atoms with Gasteiger partial charge in [0.2, 0.25) is 5.91 Å². The van der Waals surface area contributed by atoms with Crippen LogP contribution < -0.4 is 5.32 Å². The van der Waals surface area contributed by atoms with E-state index in [0.717, 1.165) is 39.3 Å². The van der Waals surface area contributed by atoms with E-state index < -0.39 is 0 Å². The van der Waals surface area contributed by atoms with Gasteiger partial charge in [-0.3, -0.25) is 9.69 Å². The van der Waals surface area contributed by atoms with Crippen molar-refractivity contribution in [2.24, 2.45) is 0 Å². The Morgan fingerprint density at radius 3 is 2.74 bits per heavy atom. The van der Waals surface area contributed by atoms with Crippen LogP contribution in [0.2, 0.25) is 0 Å². The van der Waals surface area contributed by atoms with Gasteiger partial charge in [0, 0.05) is 51.7 Å². The minimum absolute atomic E-state index is 0.318. The normalized spacial score (nSPS) is 25.7. The molecule has 2 aliphatic heterocycles. The molecule has 0 spiro atoms. The minimum Gasteiger partial charge on any atom is -0.340 e. The highest BCUT2D eigenvalue weighted by molar-refractivity contribution is 5.76. The highest BCUT2D eigenvalue weighted by atomic mass is 16.2. The van der Waals surface area contributed by atoms with Crippen LogP contribution in [0.5, 0.6) is 0 Å². The summed E-state index contributed by atoms with van der Waals surface area (Å²) in [7, 11) is 0. The molecular weight excluding hydrogens is 286 g/mol. The average molecular weight is 315 g/mol. The zero-order valence-electron chi connectivity index (χ0n) is 14.4. The molecule has 4 heteroatoms. The van der Waals surface area contributed by atoms with Gasteiger partial charge in [-0.1, -0.05) is 24.3 Å². The number of hydrogen-bond acceptors (Lipinski definition) is 3. The molecule has 0 aliphatic carbocycles. The van der Waals surface area contributed by atoms with E-state index in [1.54, 1.807) is 0 Å². The third kappa shape index (κ3) is 3.93. The number of nitrogens with one attached hydrogen (secondary N) is 1. The number of benzene rings is 1. The molecule has 3 rings (SSSR count). The van der Waals surface area contributed by atoms with Crippen molar-refractivity contribution in [1.82, 2.24) is 15.1 Å². The van der Waals surface area contributed by atoms with Gasteiger partial charge in [0.15, 0.2) is 0 Å². The lowest BCUT2D eigenvalue weighted by Crippen LogP contribution is -2.47. The number of piperazine rings is 1. The molecular formula is C19H29N3O. The summed E-state index contributed by atoms with van der Waals surface area (Å²) in [4.78, 5) is 16.8. The molecule has 23 heavy (non-hydrogen) atoms. The standard InChI is InChI=1S/C19H29N3O/c1-15-5-3-4-6-18(15)17-13-16(2)22(14-17)10-7-19(23)21-11-8-20-9-12-21/h3-6,16-17,20H,7-14H2,1-2H3. The van der Waals surface area contributed by atoms with E-state index >= 15 is 0 Å². The Hall–Kier alpha value is -1.39. The molecule has 4 nitrogen and oxygen atoms in total. The second-order valence-corrected chi connectivity index (χ2v) is 7.01. The lowest BCUT2D eigenvalue weighted by molar-refractivity contribution is -0.132. The van der Waals surface area contributed by atoms with E-state index in [4.69, 9.17) is 0 Å². The first kappa shape index (κ1) is 16.5. The van der Waals surface area contributed by atoms with Crippen LogP contribution in [0.3, 0.4) is 0 Å². The van der Waals surface area contributed by atoms with Gasteiger partial charge in [-0.25, -0.2) is 0 Å². The van der Waals surface area contributed by atoms with E-state index in [2.05, 4.69) is 48.3 Å². The maximum Gasteiger partial charge on any atom is 0.223 e. The largest absolute Gasteiger partial charge is 0.340 e. The summed E-state index contributed by atoms with van der Waals surface area (Å²) < 4.78 is 0. The van der Waals surface area contributed by atoms with Gasteiger partial charge in [-0.05, 0) is 37.3 Å². The van der Waals surface area contributed by atoms with Crippen molar-refractivity contribution in [3.8, 4) is 0 Å². The quantitative estimate of drug-likeness (QED) is 0.923. The number of carbonyl (C=O) groups is 1. The molecule has 126 valence electrons. The van der Waals surface area contributed by atoms with Crippen LogP contribution in [-0.2, 0) is 4.79 Å². The molecule has 1 N–H and O–H groups in total. The first-order chi connectivity index (χ1) is 11.1. The van der Waals surface area contributed by atoms with E-state index in [1.165, 1.54) is 17.5 Å². The van der Waals surface area contributed by atoms with Gasteiger partial charge >= 0.3 is 0 Å². The Morgan fingerprint density at radius 1 is 1.26 bits per heavy atom. The van der Waals surface area contributed by atoms with Gasteiger partial charge in [0.25, 0.3) is 0 Å². The van der Waals surface area contributed by atoms with Crippen molar-refractivity contribution in [3.63, 3.8) is 0 Å². The fraction of sp³-hybridized carbons (Fsp3) is 0.632. The van der Waals surface area contributed by atoms with Gasteiger partial charge in [0.05, 0.1) is 0 Å². The summed E-state index contributed by atoms with van der Waals surface area (Å²) in [5, 5.41) is 3.30. The number of carbonyl (C=O) groups excluding carboxylic acids is 1. The molecule has 2 saturated heterocycles. The smallest absolute Gasteiger partial charge is 0.223 e. The number of hydrogen-bond donors (Lipinski definition) is 1. The van der Waals surface area contributed by atoms with Crippen molar-refractivity contribution in [3.05, 3.63) is 35.4 Å². The number of aryl methyl sites for hydroxylation is 1. The Labute approximate surface area is 139 Å². The fourth-order valence-corrected chi connectivity index (χ4v) is 3.99. The molecule has 1 aromatic carbocycles. The van der Waals surface area contributed by atoms with Crippen molar-refractivity contribution >= 4 is 5.91 Å². The first-order valence-corrected chi connectivity index (χ1v) is 8.93. The predicted molar refractivity (Wildman–Crippen MR) is 93.6 cm³/mol. The molecule has 1 aromatic rings. The summed E-state index contributed by atoms with van der Waals surface area (Å²) in [6, 6.07) is 9.29. The van der Waals surface area contributed by atoms with Crippen LogP contribution in [0, 0.1) is 6.92 Å². The Balaban J connectivity index is 1.53. The molecule has 1 amide bonds. The Morgan fingerprint density at radius 2 is 2.00 bits per heavy atom. The number of likely N-dealkylation sites (tertiary alicyclic amines) is 1. The topological polar surface area (TPSA) is 35.6 Å². The van der Waals surface area contributed by atoms with E-state index in [1.807, 2.05) is 4.90 Å². The van der Waals surface area contributed by atoms with E-state index in [0.29, 0.717) is 24.3 Å². The minimum atomic E-state index is 0.318. The fourth-order valence-electron chi connectivity index (χ4n) is 3.99. The highest BCUT2D eigenvalue weighted by Gasteiger charge is 2.31. The van der Waals surface area contributed by atoms with Gasteiger partial charge in [0.1, 0.15) is 0 Å². The molecule has 0 radical (unpaired) electrons. The SMILES string of the molecule is Cc1ccccc1C1CC(C)N(CCC(=O)N2CCNCC2)C1. The van der Waals surface area contributed by atoms with Crippen LogP contribution in [0.25, 0.3) is 0 Å². The van der Waals surface area contributed by atoms with E-state index in [-0.39, 0.29) is 0 Å². The van der Waals surface area contributed by atoms with Crippen LogP contribution >= 0.6 is 0 Å². The zero-order chi connectivity index (χ0) is 16.2. The monoisotopic (exact) mass is 315 g/mol. The highest BCUT2D eigenvalue weighted by Crippen LogP contribution is 2.33. The molecule has 2 atom stereocenters. The predicted octanol–water partition coefficient (Wildman–Crippen LogP) is 1.99. The number of rotatable bonds is 4. The number of amides is 1. The summed E-state index contributed by atoms with van der Waals surface area (Å²) >= 11 is 0. The van der Waals surface area contributed by atoms with Crippen LogP contribution in [0.1, 0.15) is 36.8 Å². The summed E-state index contributed by atoms with van der Waals surface area (Å²) in [5.74, 6) is 0.929. The first-order valence-electron chi connectivity index (χ1n) is 8.93. The van der Waals surface area contributed by atoms with Crippen LogP contribution in [-0.4, -0.2) is 61.0 Å². The Bertz CT molecular complexity index is 539. The molecule has 2 fully saturated rings. The molecule has 2 aliphatic rings. The van der Waals surface area contributed by atoms with Gasteiger partial charge in [-0.15, -0.1) is 0 Å². The zero-order valence-corrected chi connectivity index (χ0v) is 14.4. The lowest BCUT2D eigenvalue weighted by Gasteiger charge is -2.29. The van der Waals surface area contributed by atoms with Crippen LogP contribution in [0.4, 0.5) is 0 Å². The lowest BCUT2D eigenvalue weighted by atomic mass is 9.93.